The van der Waals surface area contributed by atoms with E-state index in [0.717, 1.165) is 16.4 Å². The molecule has 9 heteroatoms. The Morgan fingerprint density at radius 1 is 1.24 bits per heavy atom. The van der Waals surface area contributed by atoms with Gasteiger partial charge < -0.3 is 4.74 Å². The van der Waals surface area contributed by atoms with Gasteiger partial charge in [-0.1, -0.05) is 17.7 Å². The van der Waals surface area contributed by atoms with Gasteiger partial charge in [-0.2, -0.15) is 10.2 Å². The maximum Gasteiger partial charge on any atom is 0.179 e. The molecule has 0 amide bonds. The first-order valence-electron chi connectivity index (χ1n) is 9.20. The summed E-state index contributed by atoms with van der Waals surface area (Å²) >= 11 is 9.75. The lowest BCUT2D eigenvalue weighted by Crippen LogP contribution is -2.12. The van der Waals surface area contributed by atoms with Crippen LogP contribution in [0, 0.1) is 5.82 Å². The first kappa shape index (κ1) is 18.7. The van der Waals surface area contributed by atoms with Crippen LogP contribution in [0.2, 0.25) is 5.02 Å². The Morgan fingerprint density at radius 2 is 2.14 bits per heavy atom. The summed E-state index contributed by atoms with van der Waals surface area (Å²) in [5.74, 6) is 0.768. The monoisotopic (exact) mass is 475 g/mol. The second kappa shape index (κ2) is 7.51. The Labute approximate surface area is 179 Å². The molecule has 0 spiro atoms. The van der Waals surface area contributed by atoms with Crippen molar-refractivity contribution >= 4 is 33.0 Å². The third kappa shape index (κ3) is 3.45. The largest absolute Gasteiger partial charge is 0.379 e. The molecule has 0 N–H and O–H groups in total. The minimum atomic E-state index is -0.365. The van der Waals surface area contributed by atoms with Crippen molar-refractivity contribution < 1.29 is 9.13 Å². The van der Waals surface area contributed by atoms with E-state index in [-0.39, 0.29) is 18.3 Å². The van der Waals surface area contributed by atoms with Gasteiger partial charge >= 0.3 is 0 Å². The number of halogens is 3. The lowest BCUT2D eigenvalue weighted by Gasteiger charge is -2.09. The van der Waals surface area contributed by atoms with Crippen molar-refractivity contribution in [3.05, 3.63) is 69.3 Å². The van der Waals surface area contributed by atoms with Crippen LogP contribution in [-0.2, 0) is 11.2 Å². The Hall–Kier alpha value is -2.29. The zero-order valence-corrected chi connectivity index (χ0v) is 17.6. The molecule has 29 heavy (non-hydrogen) atoms. The van der Waals surface area contributed by atoms with E-state index in [0.29, 0.717) is 41.1 Å². The molecule has 148 valence electrons. The molecule has 1 aliphatic rings. The first-order chi connectivity index (χ1) is 14.1. The Kier molecular flexibility index (Phi) is 4.85. The van der Waals surface area contributed by atoms with E-state index in [9.17, 15) is 4.39 Å². The van der Waals surface area contributed by atoms with Gasteiger partial charge in [0.1, 0.15) is 11.5 Å². The van der Waals surface area contributed by atoms with Crippen LogP contribution in [0.4, 0.5) is 4.39 Å². The number of aromatic nitrogens is 5. The van der Waals surface area contributed by atoms with E-state index in [2.05, 4.69) is 26.1 Å². The summed E-state index contributed by atoms with van der Waals surface area (Å²) in [6, 6.07) is 10.5. The van der Waals surface area contributed by atoms with Crippen molar-refractivity contribution in [2.24, 2.45) is 0 Å². The Morgan fingerprint density at radius 3 is 2.90 bits per heavy atom. The summed E-state index contributed by atoms with van der Waals surface area (Å²) in [6.45, 7) is 1.24. The van der Waals surface area contributed by atoms with Crippen LogP contribution in [0.15, 0.2) is 47.1 Å². The van der Waals surface area contributed by atoms with Crippen LogP contribution < -0.4 is 0 Å². The summed E-state index contributed by atoms with van der Waals surface area (Å²) in [4.78, 5) is 4.71. The highest BCUT2D eigenvalue weighted by Crippen LogP contribution is 2.29. The standard InChI is InChI=1S/C20H16BrClFN5O/c21-14-3-2-7-27-18(14)10-17(25-27)20-24-19(26-28(20)12-6-8-29-11-12)9-13-15(22)4-1-5-16(13)23/h1-5,7,10,12H,6,8-9,11H2. The number of pyridine rings is 1. The summed E-state index contributed by atoms with van der Waals surface area (Å²) < 4.78 is 24.4. The van der Waals surface area contributed by atoms with Gasteiger partial charge in [0, 0.05) is 34.3 Å². The van der Waals surface area contributed by atoms with Crippen LogP contribution in [0.1, 0.15) is 23.9 Å². The molecule has 3 aromatic heterocycles. The molecule has 6 nitrogen and oxygen atoms in total. The van der Waals surface area contributed by atoms with E-state index < -0.39 is 0 Å². The molecule has 1 aromatic carbocycles. The van der Waals surface area contributed by atoms with E-state index in [4.69, 9.17) is 21.3 Å². The van der Waals surface area contributed by atoms with E-state index in [1.54, 1.807) is 16.6 Å². The second-order valence-electron chi connectivity index (χ2n) is 6.91. The third-order valence-corrected chi connectivity index (χ3v) is 6.03. The molecule has 1 fully saturated rings. The van der Waals surface area contributed by atoms with Crippen LogP contribution >= 0.6 is 27.5 Å². The molecular weight excluding hydrogens is 461 g/mol. The fraction of sp³-hybridized carbons (Fsp3) is 0.250. The predicted molar refractivity (Wildman–Crippen MR) is 111 cm³/mol. The minimum Gasteiger partial charge on any atom is -0.379 e. The molecule has 0 aliphatic carbocycles. The van der Waals surface area contributed by atoms with E-state index >= 15 is 0 Å². The maximum atomic E-state index is 14.3. The van der Waals surface area contributed by atoms with Crippen LogP contribution in [0.25, 0.3) is 17.0 Å². The SMILES string of the molecule is Fc1cccc(Cl)c1Cc1nc(-c2cc3c(Br)cccn3n2)n(C2CCOC2)n1. The molecule has 0 saturated carbocycles. The molecule has 4 aromatic rings. The van der Waals surface area contributed by atoms with Gasteiger partial charge in [0.15, 0.2) is 11.6 Å². The summed E-state index contributed by atoms with van der Waals surface area (Å²) in [6.07, 6.45) is 2.92. The molecule has 4 heterocycles. The number of rotatable bonds is 4. The van der Waals surface area contributed by atoms with Crippen molar-refractivity contribution in [1.82, 2.24) is 24.4 Å². The molecule has 5 rings (SSSR count). The third-order valence-electron chi connectivity index (χ3n) is 5.00. The van der Waals surface area contributed by atoms with Crippen molar-refractivity contribution in [2.45, 2.75) is 18.9 Å². The predicted octanol–water partition coefficient (Wildman–Crippen LogP) is 4.70. The van der Waals surface area contributed by atoms with Gasteiger partial charge in [-0.25, -0.2) is 18.6 Å². The summed E-state index contributed by atoms with van der Waals surface area (Å²) in [7, 11) is 0. The van der Waals surface area contributed by atoms with Crippen LogP contribution in [0.3, 0.4) is 0 Å². The highest BCUT2D eigenvalue weighted by atomic mass is 79.9. The number of hydrogen-bond donors (Lipinski definition) is 0. The second-order valence-corrected chi connectivity index (χ2v) is 8.17. The lowest BCUT2D eigenvalue weighted by molar-refractivity contribution is 0.184. The van der Waals surface area contributed by atoms with Gasteiger partial charge in [-0.3, -0.25) is 0 Å². The van der Waals surface area contributed by atoms with Gasteiger partial charge in [0.05, 0.1) is 18.2 Å². The molecule has 1 atom stereocenters. The summed E-state index contributed by atoms with van der Waals surface area (Å²) in [5.41, 5.74) is 2.01. The van der Waals surface area contributed by atoms with Gasteiger partial charge in [0.2, 0.25) is 0 Å². The highest BCUT2D eigenvalue weighted by Gasteiger charge is 2.26. The first-order valence-corrected chi connectivity index (χ1v) is 10.4. The van der Waals surface area contributed by atoms with Crippen LogP contribution in [0.5, 0.6) is 0 Å². The molecule has 0 radical (unpaired) electrons. The minimum absolute atomic E-state index is 0.0654. The number of nitrogens with zero attached hydrogens (tertiary/aromatic N) is 5. The maximum absolute atomic E-state index is 14.3. The van der Waals surface area contributed by atoms with E-state index in [1.807, 2.05) is 29.1 Å². The highest BCUT2D eigenvalue weighted by molar-refractivity contribution is 9.10. The molecule has 1 unspecified atom stereocenters. The fourth-order valence-electron chi connectivity index (χ4n) is 3.54. The smallest absolute Gasteiger partial charge is 0.179 e. The van der Waals surface area contributed by atoms with E-state index in [1.165, 1.54) is 6.07 Å². The molecular formula is C20H16BrClFN5O. The Balaban J connectivity index is 1.60. The number of hydrogen-bond acceptors (Lipinski definition) is 4. The van der Waals surface area contributed by atoms with Crippen molar-refractivity contribution in [2.75, 3.05) is 13.2 Å². The number of ether oxygens (including phenoxy) is 1. The Bertz CT molecular complexity index is 1180. The average Bonchev–Trinajstić information content (AvgIpc) is 3.43. The molecule has 1 saturated heterocycles. The van der Waals surface area contributed by atoms with Crippen molar-refractivity contribution in [3.63, 3.8) is 0 Å². The quantitative estimate of drug-likeness (QED) is 0.428. The zero-order chi connectivity index (χ0) is 20.0. The lowest BCUT2D eigenvalue weighted by atomic mass is 10.1. The number of benzene rings is 1. The average molecular weight is 477 g/mol. The van der Waals surface area contributed by atoms with Crippen molar-refractivity contribution in [3.8, 4) is 11.5 Å². The molecule has 0 bridgehead atoms. The molecule has 1 aliphatic heterocycles. The van der Waals surface area contributed by atoms with Gasteiger partial charge in [0.25, 0.3) is 0 Å². The van der Waals surface area contributed by atoms with Gasteiger partial charge in [-0.15, -0.1) is 0 Å². The van der Waals surface area contributed by atoms with Crippen molar-refractivity contribution in [1.29, 1.82) is 0 Å². The van der Waals surface area contributed by atoms with Gasteiger partial charge in [-0.05, 0) is 52.7 Å². The fourth-order valence-corrected chi connectivity index (χ4v) is 4.21. The topological polar surface area (TPSA) is 57.2 Å². The number of fused-ring (bicyclic) bond motifs is 1. The van der Waals surface area contributed by atoms with Crippen LogP contribution in [-0.4, -0.2) is 37.6 Å². The zero-order valence-electron chi connectivity index (χ0n) is 15.2. The summed E-state index contributed by atoms with van der Waals surface area (Å²) in [5, 5.41) is 9.70. The normalized spacial score (nSPS) is 16.7.